The minimum atomic E-state index is 0.177. The monoisotopic (exact) mass is 297 g/mol. The zero-order chi connectivity index (χ0) is 14.9. The third-order valence-electron chi connectivity index (χ3n) is 4.65. The molecule has 4 heteroatoms. The smallest absolute Gasteiger partial charge is 0.120 e. The van der Waals surface area contributed by atoms with Crippen molar-refractivity contribution in [2.75, 3.05) is 13.1 Å². The van der Waals surface area contributed by atoms with Crippen LogP contribution in [0, 0.1) is 12.8 Å². The van der Waals surface area contributed by atoms with Crippen LogP contribution in [0.25, 0.3) is 0 Å². The number of hydrogen-bond donors (Lipinski definition) is 1. The summed E-state index contributed by atoms with van der Waals surface area (Å²) in [6, 6.07) is 10.6. The van der Waals surface area contributed by atoms with Crippen molar-refractivity contribution in [1.82, 2.24) is 14.9 Å². The van der Waals surface area contributed by atoms with Crippen molar-refractivity contribution < 1.29 is 4.74 Å². The first-order valence-electron chi connectivity index (χ1n) is 8.21. The molecule has 0 bridgehead atoms. The number of aryl methyl sites for hydroxylation is 1. The summed E-state index contributed by atoms with van der Waals surface area (Å²) in [5.41, 5.74) is 2.41. The second-order valence-electron chi connectivity index (χ2n) is 6.62. The summed E-state index contributed by atoms with van der Waals surface area (Å²) in [6.07, 6.45) is 5.09. The van der Waals surface area contributed by atoms with Gasteiger partial charge in [0.1, 0.15) is 5.82 Å². The van der Waals surface area contributed by atoms with Crippen LogP contribution in [0.5, 0.6) is 0 Å². The largest absolute Gasteiger partial charge is 0.367 e. The normalized spacial score (nSPS) is 26.2. The zero-order valence-electron chi connectivity index (χ0n) is 13.0. The van der Waals surface area contributed by atoms with E-state index in [2.05, 4.69) is 52.1 Å². The summed E-state index contributed by atoms with van der Waals surface area (Å²) >= 11 is 0. The van der Waals surface area contributed by atoms with Crippen molar-refractivity contribution in [3.05, 3.63) is 53.6 Å². The highest BCUT2D eigenvalue weighted by atomic mass is 16.5. The van der Waals surface area contributed by atoms with Gasteiger partial charge in [0, 0.05) is 25.0 Å². The van der Waals surface area contributed by atoms with Gasteiger partial charge in [-0.3, -0.25) is 4.90 Å². The lowest BCUT2D eigenvalue weighted by Gasteiger charge is -2.38. The molecule has 2 aromatic rings. The summed E-state index contributed by atoms with van der Waals surface area (Å²) in [7, 11) is 0. The van der Waals surface area contributed by atoms with Crippen LogP contribution in [0.3, 0.4) is 0 Å². The molecule has 2 atom stereocenters. The number of imidazole rings is 1. The molecule has 116 valence electrons. The van der Waals surface area contributed by atoms with Gasteiger partial charge in [-0.05, 0) is 31.2 Å². The molecule has 2 aliphatic rings. The Kier molecular flexibility index (Phi) is 3.72. The molecule has 0 spiro atoms. The van der Waals surface area contributed by atoms with Crippen LogP contribution < -0.4 is 0 Å². The molecule has 0 amide bonds. The molecule has 1 saturated heterocycles. The third kappa shape index (κ3) is 3.08. The van der Waals surface area contributed by atoms with E-state index in [1.807, 2.05) is 6.20 Å². The number of benzene rings is 1. The molecular formula is C18H23N3O. The fraction of sp³-hybridized carbons (Fsp3) is 0.500. The predicted molar refractivity (Wildman–Crippen MR) is 85.4 cm³/mol. The van der Waals surface area contributed by atoms with E-state index < -0.39 is 0 Å². The van der Waals surface area contributed by atoms with Crippen LogP contribution >= 0.6 is 0 Å². The first-order chi connectivity index (χ1) is 10.8. The first-order valence-corrected chi connectivity index (χ1v) is 8.21. The molecule has 1 saturated carbocycles. The van der Waals surface area contributed by atoms with Gasteiger partial charge in [-0.2, -0.15) is 0 Å². The molecule has 2 heterocycles. The molecular weight excluding hydrogens is 274 g/mol. The Morgan fingerprint density at radius 3 is 2.73 bits per heavy atom. The van der Waals surface area contributed by atoms with Gasteiger partial charge in [0.15, 0.2) is 0 Å². The maximum Gasteiger partial charge on any atom is 0.120 e. The van der Waals surface area contributed by atoms with Crippen molar-refractivity contribution in [3.8, 4) is 0 Å². The van der Waals surface area contributed by atoms with Gasteiger partial charge in [-0.1, -0.05) is 30.3 Å². The van der Waals surface area contributed by atoms with Crippen LogP contribution in [0.1, 0.15) is 36.0 Å². The number of nitrogens with one attached hydrogen (secondary N) is 1. The van der Waals surface area contributed by atoms with E-state index in [4.69, 9.17) is 4.74 Å². The van der Waals surface area contributed by atoms with Crippen molar-refractivity contribution >= 4 is 0 Å². The van der Waals surface area contributed by atoms with Gasteiger partial charge < -0.3 is 9.72 Å². The molecule has 22 heavy (non-hydrogen) atoms. The highest BCUT2D eigenvalue weighted by molar-refractivity contribution is 5.18. The van der Waals surface area contributed by atoms with Crippen LogP contribution in [0.4, 0.5) is 0 Å². The fourth-order valence-corrected chi connectivity index (χ4v) is 3.33. The van der Waals surface area contributed by atoms with Crippen LogP contribution in [0.2, 0.25) is 0 Å². The Morgan fingerprint density at radius 2 is 2.05 bits per heavy atom. The predicted octanol–water partition coefficient (Wildman–Crippen LogP) is 3.07. The molecule has 4 rings (SSSR count). The van der Waals surface area contributed by atoms with Crippen molar-refractivity contribution in [1.29, 1.82) is 0 Å². The number of ether oxygens (including phenoxy) is 1. The fourth-order valence-electron chi connectivity index (χ4n) is 3.33. The number of hydrogen-bond acceptors (Lipinski definition) is 3. The topological polar surface area (TPSA) is 41.2 Å². The molecule has 2 fully saturated rings. The maximum absolute atomic E-state index is 6.40. The number of H-pyrrole nitrogens is 1. The lowest BCUT2D eigenvalue weighted by atomic mass is 10.0. The highest BCUT2D eigenvalue weighted by Crippen LogP contribution is 2.39. The number of aromatic nitrogens is 2. The third-order valence-corrected chi connectivity index (χ3v) is 4.65. The number of aromatic amines is 1. The number of morpholine rings is 1. The van der Waals surface area contributed by atoms with E-state index in [-0.39, 0.29) is 6.10 Å². The van der Waals surface area contributed by atoms with E-state index in [0.29, 0.717) is 6.10 Å². The molecule has 1 N–H and O–H groups in total. The van der Waals surface area contributed by atoms with Gasteiger partial charge in [-0.15, -0.1) is 0 Å². The SMILES string of the molecule is Cc1cnc(CN2C[C@@H](c3ccccc3)O[C@@H](C3CC3)C2)[nH]1. The zero-order valence-corrected chi connectivity index (χ0v) is 13.0. The van der Waals surface area contributed by atoms with E-state index in [1.165, 1.54) is 18.4 Å². The van der Waals surface area contributed by atoms with Crippen molar-refractivity contribution in [2.24, 2.45) is 5.92 Å². The minimum absolute atomic E-state index is 0.177. The summed E-state index contributed by atoms with van der Waals surface area (Å²) < 4.78 is 6.40. The standard InChI is InChI=1S/C18H23N3O/c1-13-9-19-18(20-13)12-21-10-16(14-5-3-2-4-6-14)22-17(11-21)15-7-8-15/h2-6,9,15-17H,7-8,10-12H2,1H3,(H,19,20)/t16-,17+/m0/s1. The average Bonchev–Trinajstić information content (AvgIpc) is 3.32. The molecule has 1 aromatic heterocycles. The summed E-state index contributed by atoms with van der Waals surface area (Å²) in [4.78, 5) is 10.3. The average molecular weight is 297 g/mol. The van der Waals surface area contributed by atoms with Crippen LogP contribution in [-0.2, 0) is 11.3 Å². The van der Waals surface area contributed by atoms with Crippen LogP contribution in [-0.4, -0.2) is 34.1 Å². The lowest BCUT2D eigenvalue weighted by Crippen LogP contribution is -2.44. The summed E-state index contributed by atoms with van der Waals surface area (Å²) in [5, 5.41) is 0. The highest BCUT2D eigenvalue weighted by Gasteiger charge is 2.38. The van der Waals surface area contributed by atoms with E-state index in [0.717, 1.165) is 37.1 Å². The van der Waals surface area contributed by atoms with E-state index in [1.54, 1.807) is 0 Å². The number of rotatable bonds is 4. The first kappa shape index (κ1) is 14.0. The molecule has 1 aliphatic heterocycles. The lowest BCUT2D eigenvalue weighted by molar-refractivity contribution is -0.0990. The second-order valence-corrected chi connectivity index (χ2v) is 6.62. The van der Waals surface area contributed by atoms with Gasteiger partial charge in [-0.25, -0.2) is 4.98 Å². The Bertz CT molecular complexity index is 620. The van der Waals surface area contributed by atoms with Crippen molar-refractivity contribution in [3.63, 3.8) is 0 Å². The molecule has 0 unspecified atom stereocenters. The Hall–Kier alpha value is -1.65. The van der Waals surface area contributed by atoms with Gasteiger partial charge >= 0.3 is 0 Å². The van der Waals surface area contributed by atoms with E-state index >= 15 is 0 Å². The van der Waals surface area contributed by atoms with Gasteiger partial charge in [0.05, 0.1) is 18.8 Å². The maximum atomic E-state index is 6.40. The molecule has 4 nitrogen and oxygen atoms in total. The van der Waals surface area contributed by atoms with Crippen molar-refractivity contribution in [2.45, 2.75) is 38.5 Å². The summed E-state index contributed by atoms with van der Waals surface area (Å²) in [6.45, 7) is 4.89. The quantitative estimate of drug-likeness (QED) is 0.943. The summed E-state index contributed by atoms with van der Waals surface area (Å²) in [5.74, 6) is 1.81. The molecule has 0 radical (unpaired) electrons. The van der Waals surface area contributed by atoms with E-state index in [9.17, 15) is 0 Å². The Balaban J connectivity index is 1.51. The number of nitrogens with zero attached hydrogens (tertiary/aromatic N) is 2. The minimum Gasteiger partial charge on any atom is -0.367 e. The van der Waals surface area contributed by atoms with Gasteiger partial charge in [0.2, 0.25) is 0 Å². The second kappa shape index (κ2) is 5.86. The molecule has 1 aliphatic carbocycles. The molecule has 1 aromatic carbocycles. The Morgan fingerprint density at radius 1 is 1.23 bits per heavy atom. The Labute approximate surface area is 131 Å². The van der Waals surface area contributed by atoms with Gasteiger partial charge in [0.25, 0.3) is 0 Å². The van der Waals surface area contributed by atoms with Crippen LogP contribution in [0.15, 0.2) is 36.5 Å².